The van der Waals surface area contributed by atoms with Gasteiger partial charge in [-0.05, 0) is 18.1 Å². The quantitative estimate of drug-likeness (QED) is 0.779. The van der Waals surface area contributed by atoms with Gasteiger partial charge in [-0.3, -0.25) is 9.59 Å². The highest BCUT2D eigenvalue weighted by molar-refractivity contribution is 7.88. The minimum absolute atomic E-state index is 0.0580. The minimum atomic E-state index is -3.29. The van der Waals surface area contributed by atoms with Gasteiger partial charge >= 0.3 is 0 Å². The monoisotopic (exact) mass is 371 g/mol. The Morgan fingerprint density at radius 2 is 2.08 bits per heavy atom. The molecule has 0 aromatic carbocycles. The van der Waals surface area contributed by atoms with Crippen molar-refractivity contribution in [2.45, 2.75) is 25.9 Å². The third-order valence-corrected chi connectivity index (χ3v) is 5.51. The molecular weight excluding hydrogens is 346 g/mol. The first-order valence-corrected chi connectivity index (χ1v) is 10.0. The minimum Gasteiger partial charge on any atom is -0.374 e. The Morgan fingerprint density at radius 1 is 1.40 bits per heavy atom. The molecule has 0 radical (unpaired) electrons. The van der Waals surface area contributed by atoms with E-state index in [-0.39, 0.29) is 36.7 Å². The second-order valence-electron chi connectivity index (χ2n) is 6.51. The summed E-state index contributed by atoms with van der Waals surface area (Å²) in [6, 6.07) is 3.29. The molecule has 0 saturated carbocycles. The van der Waals surface area contributed by atoms with Gasteiger partial charge in [-0.1, -0.05) is 13.8 Å². The second kappa shape index (κ2) is 7.67. The van der Waals surface area contributed by atoms with Gasteiger partial charge in [0.15, 0.2) is 0 Å². The summed E-state index contributed by atoms with van der Waals surface area (Å²) in [5, 5.41) is 2.66. The summed E-state index contributed by atoms with van der Waals surface area (Å²) in [5.41, 5.74) is 0.551. The zero-order valence-electron chi connectivity index (χ0n) is 15.0. The summed E-state index contributed by atoms with van der Waals surface area (Å²) in [4.78, 5) is 24.7. The Hall–Kier alpha value is -1.71. The van der Waals surface area contributed by atoms with Crippen LogP contribution in [0.15, 0.2) is 16.9 Å². The van der Waals surface area contributed by atoms with Crippen molar-refractivity contribution in [1.29, 1.82) is 0 Å². The first-order valence-electron chi connectivity index (χ1n) is 8.16. The lowest BCUT2D eigenvalue weighted by atomic mass is 10.1. The van der Waals surface area contributed by atoms with Crippen molar-refractivity contribution in [2.24, 2.45) is 7.05 Å². The van der Waals surface area contributed by atoms with Crippen molar-refractivity contribution in [2.75, 3.05) is 32.5 Å². The number of pyridine rings is 1. The molecule has 2 rings (SSSR count). The number of carbonyl (C=O) groups is 1. The molecule has 0 bridgehead atoms. The summed E-state index contributed by atoms with van der Waals surface area (Å²) in [5.74, 6) is -0.316. The molecule has 25 heavy (non-hydrogen) atoms. The molecule has 1 unspecified atom stereocenters. The predicted octanol–water partition coefficient (Wildman–Crippen LogP) is -0.101. The van der Waals surface area contributed by atoms with Crippen LogP contribution in [0.5, 0.6) is 0 Å². The van der Waals surface area contributed by atoms with Crippen LogP contribution in [0, 0.1) is 0 Å². The highest BCUT2D eigenvalue weighted by atomic mass is 32.2. The van der Waals surface area contributed by atoms with E-state index in [4.69, 9.17) is 4.74 Å². The zero-order valence-corrected chi connectivity index (χ0v) is 15.8. The van der Waals surface area contributed by atoms with Gasteiger partial charge in [-0.2, -0.15) is 4.31 Å². The Balaban J connectivity index is 2.04. The number of aromatic nitrogens is 1. The van der Waals surface area contributed by atoms with Gasteiger partial charge in [-0.25, -0.2) is 8.42 Å². The molecule has 1 aromatic heterocycles. The lowest BCUT2D eigenvalue weighted by molar-refractivity contribution is 0.000427. The average molecular weight is 371 g/mol. The summed E-state index contributed by atoms with van der Waals surface area (Å²) in [6.45, 7) is 4.85. The molecule has 1 atom stereocenters. The first-order chi connectivity index (χ1) is 11.6. The first kappa shape index (κ1) is 19.6. The second-order valence-corrected chi connectivity index (χ2v) is 8.50. The van der Waals surface area contributed by atoms with Gasteiger partial charge in [-0.15, -0.1) is 0 Å². The molecule has 140 valence electrons. The summed E-state index contributed by atoms with van der Waals surface area (Å²) < 4.78 is 31.5. The summed E-state index contributed by atoms with van der Waals surface area (Å²) >= 11 is 0. The van der Waals surface area contributed by atoms with Gasteiger partial charge in [0.1, 0.15) is 5.56 Å². The maximum absolute atomic E-state index is 12.4. The van der Waals surface area contributed by atoms with Crippen LogP contribution in [0.25, 0.3) is 0 Å². The Bertz CT molecular complexity index is 800. The van der Waals surface area contributed by atoms with Gasteiger partial charge < -0.3 is 14.6 Å². The normalized spacial score (nSPS) is 19.2. The summed E-state index contributed by atoms with van der Waals surface area (Å²) in [6.07, 6.45) is 0.708. The molecule has 1 aliphatic rings. The molecule has 1 fully saturated rings. The highest BCUT2D eigenvalue weighted by Crippen LogP contribution is 2.12. The molecule has 0 spiro atoms. The number of morpholine rings is 1. The van der Waals surface area contributed by atoms with Crippen molar-refractivity contribution in [3.63, 3.8) is 0 Å². The molecule has 9 heteroatoms. The maximum atomic E-state index is 12.4. The number of ether oxygens (including phenoxy) is 1. The molecule has 1 N–H and O–H groups in total. The lowest BCUT2D eigenvalue weighted by Crippen LogP contribution is -2.49. The number of hydrogen-bond donors (Lipinski definition) is 1. The number of nitrogens with one attached hydrogen (secondary N) is 1. The van der Waals surface area contributed by atoms with Gasteiger partial charge in [0.05, 0.1) is 19.0 Å². The summed E-state index contributed by atoms with van der Waals surface area (Å²) in [7, 11) is -1.65. The van der Waals surface area contributed by atoms with E-state index in [2.05, 4.69) is 5.32 Å². The molecule has 1 aromatic rings. The van der Waals surface area contributed by atoms with Crippen LogP contribution in [-0.4, -0.2) is 61.8 Å². The van der Waals surface area contributed by atoms with Crippen LogP contribution in [-0.2, 0) is 21.8 Å². The Morgan fingerprint density at radius 3 is 2.68 bits per heavy atom. The van der Waals surface area contributed by atoms with Gasteiger partial charge in [0.25, 0.3) is 11.5 Å². The topological polar surface area (TPSA) is 97.7 Å². The Labute approximate surface area is 147 Å². The fraction of sp³-hybridized carbons (Fsp3) is 0.625. The van der Waals surface area contributed by atoms with Gasteiger partial charge in [0, 0.05) is 32.4 Å². The van der Waals surface area contributed by atoms with Crippen molar-refractivity contribution in [3.05, 3.63) is 33.7 Å². The average Bonchev–Trinajstić information content (AvgIpc) is 2.54. The highest BCUT2D eigenvalue weighted by Gasteiger charge is 2.27. The molecule has 0 aliphatic carbocycles. The largest absolute Gasteiger partial charge is 0.374 e. The molecule has 8 nitrogen and oxygen atoms in total. The number of rotatable bonds is 5. The van der Waals surface area contributed by atoms with Crippen molar-refractivity contribution in [1.82, 2.24) is 14.2 Å². The van der Waals surface area contributed by atoms with Crippen molar-refractivity contribution < 1.29 is 17.9 Å². The maximum Gasteiger partial charge on any atom is 0.263 e. The molecule has 1 aliphatic heterocycles. The third kappa shape index (κ3) is 4.68. The van der Waals surface area contributed by atoms with E-state index in [9.17, 15) is 18.0 Å². The van der Waals surface area contributed by atoms with Crippen LogP contribution in [0.2, 0.25) is 0 Å². The van der Waals surface area contributed by atoms with Crippen molar-refractivity contribution in [3.8, 4) is 0 Å². The number of nitrogens with zero attached hydrogens (tertiary/aromatic N) is 2. The van der Waals surface area contributed by atoms with Crippen molar-refractivity contribution >= 4 is 15.9 Å². The predicted molar refractivity (Wildman–Crippen MR) is 94.3 cm³/mol. The molecule has 1 saturated heterocycles. The van der Waals surface area contributed by atoms with E-state index in [1.807, 2.05) is 13.8 Å². The molecular formula is C16H25N3O5S. The lowest BCUT2D eigenvalue weighted by Gasteiger charge is -2.31. The number of sulfonamides is 1. The van der Waals surface area contributed by atoms with E-state index in [1.54, 1.807) is 13.1 Å². The standard InChI is InChI=1S/C16H25N3O5S/c1-11(2)14-6-5-13(16(21)18(14)3)15(20)17-9-12-10-19(7-8-24-12)25(4,22)23/h5-6,11-12H,7-10H2,1-4H3,(H,17,20). The SMILES string of the molecule is CC(C)c1ccc(C(=O)NCC2CN(S(C)(=O)=O)CCO2)c(=O)n1C. The van der Waals surface area contributed by atoms with Crippen LogP contribution >= 0.6 is 0 Å². The van der Waals surface area contributed by atoms with E-state index in [0.717, 1.165) is 11.9 Å². The van der Waals surface area contributed by atoms with E-state index < -0.39 is 22.0 Å². The van der Waals surface area contributed by atoms with Crippen LogP contribution in [0.4, 0.5) is 0 Å². The fourth-order valence-electron chi connectivity index (χ4n) is 2.82. The molecule has 1 amide bonds. The van der Waals surface area contributed by atoms with Crippen LogP contribution in [0.1, 0.15) is 35.8 Å². The van der Waals surface area contributed by atoms with Crippen LogP contribution in [0.3, 0.4) is 0 Å². The smallest absolute Gasteiger partial charge is 0.263 e. The van der Waals surface area contributed by atoms with E-state index in [0.29, 0.717) is 6.54 Å². The zero-order chi connectivity index (χ0) is 18.8. The van der Waals surface area contributed by atoms with E-state index >= 15 is 0 Å². The number of amides is 1. The van der Waals surface area contributed by atoms with E-state index in [1.165, 1.54) is 14.9 Å². The van der Waals surface area contributed by atoms with Gasteiger partial charge in [0.2, 0.25) is 10.0 Å². The fourth-order valence-corrected chi connectivity index (χ4v) is 3.66. The Kier molecular flexibility index (Phi) is 6.02. The van der Waals surface area contributed by atoms with Crippen LogP contribution < -0.4 is 10.9 Å². The number of hydrogen-bond acceptors (Lipinski definition) is 5. The third-order valence-electron chi connectivity index (χ3n) is 4.24. The molecule has 2 heterocycles. The number of carbonyl (C=O) groups excluding carboxylic acids is 1.